The molecule has 0 radical (unpaired) electrons. The van der Waals surface area contributed by atoms with Crippen LogP contribution in [0.3, 0.4) is 0 Å². The molecule has 1 N–H and O–H groups in total. The van der Waals surface area contributed by atoms with Crippen LogP contribution in [0.25, 0.3) is 0 Å². The summed E-state index contributed by atoms with van der Waals surface area (Å²) in [6.45, 7) is 3.58. The number of aliphatic hydroxyl groups excluding tert-OH is 1. The second-order valence-electron chi connectivity index (χ2n) is 1.81. The predicted octanol–water partition coefficient (Wildman–Crippen LogP) is 1.17. The zero-order chi connectivity index (χ0) is 6.41. The maximum Gasteiger partial charge on any atom is 0.0521 e. The average molecular weight is 112 g/mol. The Morgan fingerprint density at radius 3 is 2.62 bits per heavy atom. The summed E-state index contributed by atoms with van der Waals surface area (Å²) < 4.78 is 0. The molecule has 0 saturated carbocycles. The van der Waals surface area contributed by atoms with Crippen molar-refractivity contribution in [2.24, 2.45) is 0 Å². The predicted molar refractivity (Wildman–Crippen MR) is 34.4 cm³/mol. The van der Waals surface area contributed by atoms with E-state index in [4.69, 9.17) is 5.11 Å². The van der Waals surface area contributed by atoms with Gasteiger partial charge in [-0.2, -0.15) is 0 Å². The zero-order valence-electron chi connectivity index (χ0n) is 5.44. The Labute approximate surface area is 50.7 Å². The minimum Gasteiger partial charge on any atom is -0.393 e. The van der Waals surface area contributed by atoms with Gasteiger partial charge in [0.05, 0.1) is 6.10 Å². The van der Waals surface area contributed by atoms with Crippen molar-refractivity contribution in [1.82, 2.24) is 0 Å². The normalized spacial score (nSPS) is 11.9. The molecular formula is C7H12O. The lowest BCUT2D eigenvalue weighted by atomic mass is 10.2. The van der Waals surface area contributed by atoms with Gasteiger partial charge in [-0.15, -0.1) is 11.8 Å². The van der Waals surface area contributed by atoms with E-state index in [1.165, 1.54) is 0 Å². The molecule has 0 aromatic heterocycles. The van der Waals surface area contributed by atoms with Gasteiger partial charge in [-0.3, -0.25) is 0 Å². The molecule has 0 saturated heterocycles. The third kappa shape index (κ3) is 5.52. The van der Waals surface area contributed by atoms with Crippen LogP contribution in [0.1, 0.15) is 26.7 Å². The van der Waals surface area contributed by atoms with Crippen molar-refractivity contribution in [3.8, 4) is 11.8 Å². The van der Waals surface area contributed by atoms with Crippen LogP contribution < -0.4 is 0 Å². The van der Waals surface area contributed by atoms with Crippen LogP contribution in [-0.2, 0) is 0 Å². The van der Waals surface area contributed by atoms with E-state index in [1.807, 2.05) is 6.92 Å². The maximum atomic E-state index is 8.71. The van der Waals surface area contributed by atoms with Gasteiger partial charge in [0.1, 0.15) is 0 Å². The summed E-state index contributed by atoms with van der Waals surface area (Å²) in [6.07, 6.45) is 1.41. The van der Waals surface area contributed by atoms with E-state index < -0.39 is 0 Å². The summed E-state index contributed by atoms with van der Waals surface area (Å²) in [5.74, 6) is 5.63. The molecule has 0 heterocycles. The molecule has 1 heteroatoms. The van der Waals surface area contributed by atoms with Crippen LogP contribution in [0.15, 0.2) is 0 Å². The third-order valence-corrected chi connectivity index (χ3v) is 0.864. The van der Waals surface area contributed by atoms with Crippen LogP contribution in [0.4, 0.5) is 0 Å². The van der Waals surface area contributed by atoms with Crippen molar-refractivity contribution in [2.75, 3.05) is 0 Å². The molecule has 0 aromatic carbocycles. The smallest absolute Gasteiger partial charge is 0.0521 e. The van der Waals surface area contributed by atoms with E-state index in [2.05, 4.69) is 11.8 Å². The Morgan fingerprint density at radius 1 is 1.62 bits per heavy atom. The molecule has 0 aliphatic rings. The van der Waals surface area contributed by atoms with Gasteiger partial charge < -0.3 is 5.11 Å². The summed E-state index contributed by atoms with van der Waals surface area (Å²) in [7, 11) is 0. The molecule has 0 rings (SSSR count). The number of rotatable bonds is 2. The van der Waals surface area contributed by atoms with E-state index in [-0.39, 0.29) is 6.10 Å². The van der Waals surface area contributed by atoms with Gasteiger partial charge in [-0.1, -0.05) is 0 Å². The first-order valence-electron chi connectivity index (χ1n) is 2.85. The number of hydrogen-bond acceptors (Lipinski definition) is 1. The lowest BCUT2D eigenvalue weighted by Gasteiger charge is -1.95. The summed E-state index contributed by atoms with van der Waals surface area (Å²) in [5.41, 5.74) is 0. The zero-order valence-corrected chi connectivity index (χ0v) is 5.44. The Hall–Kier alpha value is -0.480. The van der Waals surface area contributed by atoms with Crippen LogP contribution in [0, 0.1) is 11.8 Å². The van der Waals surface area contributed by atoms with Crippen LogP contribution >= 0.6 is 0 Å². The van der Waals surface area contributed by atoms with E-state index in [1.54, 1.807) is 6.92 Å². The molecule has 1 nitrogen and oxygen atoms in total. The van der Waals surface area contributed by atoms with Gasteiger partial charge >= 0.3 is 0 Å². The fourth-order valence-electron chi connectivity index (χ4n) is 0.406. The fourth-order valence-corrected chi connectivity index (χ4v) is 0.406. The SMILES string of the molecule is CC#CCC[C@@H](C)O. The highest BCUT2D eigenvalue weighted by molar-refractivity contribution is 4.94. The van der Waals surface area contributed by atoms with Crippen LogP contribution in [0.5, 0.6) is 0 Å². The minimum atomic E-state index is -0.198. The number of hydrogen-bond donors (Lipinski definition) is 1. The summed E-state index contributed by atoms with van der Waals surface area (Å²) >= 11 is 0. The standard InChI is InChI=1S/C7H12O/c1-3-4-5-6-7(2)8/h7-8H,5-6H2,1-2H3/t7-/m1/s1. The summed E-state index contributed by atoms with van der Waals surface area (Å²) in [5, 5.41) is 8.71. The van der Waals surface area contributed by atoms with Crippen LogP contribution in [0.2, 0.25) is 0 Å². The highest BCUT2D eigenvalue weighted by Gasteiger charge is 1.89. The lowest BCUT2D eigenvalue weighted by Crippen LogP contribution is -1.96. The molecule has 0 bridgehead atoms. The topological polar surface area (TPSA) is 20.2 Å². The van der Waals surface area contributed by atoms with Crippen molar-refractivity contribution < 1.29 is 5.11 Å². The molecule has 0 amide bonds. The third-order valence-electron chi connectivity index (χ3n) is 0.864. The minimum absolute atomic E-state index is 0.198. The Balaban J connectivity index is 3.01. The summed E-state index contributed by atoms with van der Waals surface area (Å²) in [6, 6.07) is 0. The first kappa shape index (κ1) is 7.52. The second kappa shape index (κ2) is 4.67. The monoisotopic (exact) mass is 112 g/mol. The van der Waals surface area contributed by atoms with Crippen molar-refractivity contribution in [2.45, 2.75) is 32.8 Å². The first-order chi connectivity index (χ1) is 3.77. The van der Waals surface area contributed by atoms with E-state index >= 15 is 0 Å². The van der Waals surface area contributed by atoms with Gasteiger partial charge in [0.15, 0.2) is 0 Å². The van der Waals surface area contributed by atoms with E-state index in [9.17, 15) is 0 Å². The molecule has 0 aliphatic carbocycles. The Morgan fingerprint density at radius 2 is 2.25 bits per heavy atom. The Kier molecular flexibility index (Phi) is 4.39. The summed E-state index contributed by atoms with van der Waals surface area (Å²) in [4.78, 5) is 0. The molecule has 0 aromatic rings. The second-order valence-corrected chi connectivity index (χ2v) is 1.81. The van der Waals surface area contributed by atoms with Gasteiger partial charge in [0.2, 0.25) is 0 Å². The molecule has 46 valence electrons. The molecule has 0 aliphatic heterocycles. The fraction of sp³-hybridized carbons (Fsp3) is 0.714. The van der Waals surface area contributed by atoms with Crippen molar-refractivity contribution in [1.29, 1.82) is 0 Å². The van der Waals surface area contributed by atoms with Gasteiger partial charge in [0.25, 0.3) is 0 Å². The molecule has 0 fully saturated rings. The maximum absolute atomic E-state index is 8.71. The Bertz CT molecular complexity index is 94.7. The van der Waals surface area contributed by atoms with Crippen molar-refractivity contribution in [3.63, 3.8) is 0 Å². The molecule has 1 atom stereocenters. The van der Waals surface area contributed by atoms with Crippen molar-refractivity contribution in [3.05, 3.63) is 0 Å². The first-order valence-corrected chi connectivity index (χ1v) is 2.85. The largest absolute Gasteiger partial charge is 0.393 e. The average Bonchev–Trinajstić information content (AvgIpc) is 1.66. The van der Waals surface area contributed by atoms with Crippen LogP contribution in [-0.4, -0.2) is 11.2 Å². The quantitative estimate of drug-likeness (QED) is 0.532. The van der Waals surface area contributed by atoms with E-state index in [0.29, 0.717) is 0 Å². The lowest BCUT2D eigenvalue weighted by molar-refractivity contribution is 0.186. The molecule has 0 spiro atoms. The molecular weight excluding hydrogens is 100 g/mol. The van der Waals surface area contributed by atoms with Gasteiger partial charge in [0, 0.05) is 6.42 Å². The van der Waals surface area contributed by atoms with Gasteiger partial charge in [-0.05, 0) is 20.3 Å². The number of aliphatic hydroxyl groups is 1. The highest BCUT2D eigenvalue weighted by Crippen LogP contribution is 1.92. The molecule has 0 unspecified atom stereocenters. The molecule has 8 heavy (non-hydrogen) atoms. The van der Waals surface area contributed by atoms with Gasteiger partial charge in [-0.25, -0.2) is 0 Å². The highest BCUT2D eigenvalue weighted by atomic mass is 16.3. The van der Waals surface area contributed by atoms with Crippen molar-refractivity contribution >= 4 is 0 Å². The van der Waals surface area contributed by atoms with E-state index in [0.717, 1.165) is 12.8 Å².